The second-order valence-electron chi connectivity index (χ2n) is 5.88. The number of guanidine groups is 1. The van der Waals surface area contributed by atoms with Gasteiger partial charge in [-0.1, -0.05) is 25.1 Å². The number of aliphatic imine (C=N–C) groups is 1. The maximum Gasteiger partial charge on any atom is 0.191 e. The lowest BCUT2D eigenvalue weighted by atomic mass is 10.2. The fourth-order valence-electron chi connectivity index (χ4n) is 2.06. The van der Waals surface area contributed by atoms with Crippen LogP contribution >= 0.6 is 24.0 Å². The number of nitrogens with one attached hydrogen (secondary N) is 2. The van der Waals surface area contributed by atoms with E-state index in [9.17, 15) is 8.42 Å². The summed E-state index contributed by atoms with van der Waals surface area (Å²) >= 11 is 0. The highest BCUT2D eigenvalue weighted by Crippen LogP contribution is 2.12. The van der Waals surface area contributed by atoms with Crippen molar-refractivity contribution in [2.75, 3.05) is 25.6 Å². The zero-order valence-corrected chi connectivity index (χ0v) is 18.5. The van der Waals surface area contributed by atoms with Crippen LogP contribution in [0.5, 0.6) is 5.75 Å². The van der Waals surface area contributed by atoms with Crippen molar-refractivity contribution < 1.29 is 13.2 Å². The van der Waals surface area contributed by atoms with E-state index in [0.717, 1.165) is 12.2 Å². The molecule has 2 atom stereocenters. The van der Waals surface area contributed by atoms with E-state index < -0.39 is 9.84 Å². The van der Waals surface area contributed by atoms with Crippen LogP contribution in [-0.2, 0) is 9.84 Å². The molecule has 0 fully saturated rings. The van der Waals surface area contributed by atoms with Crippen LogP contribution in [0, 0.1) is 0 Å². The Bertz CT molecular complexity index is 609. The maximum absolute atomic E-state index is 11.2. The van der Waals surface area contributed by atoms with Crippen LogP contribution in [0.1, 0.15) is 26.7 Å². The van der Waals surface area contributed by atoms with E-state index in [-0.39, 0.29) is 41.9 Å². The van der Waals surface area contributed by atoms with Gasteiger partial charge in [-0.3, -0.25) is 4.99 Å². The van der Waals surface area contributed by atoms with Crippen molar-refractivity contribution in [3.63, 3.8) is 0 Å². The summed E-state index contributed by atoms with van der Waals surface area (Å²) in [4.78, 5) is 4.18. The number of hydrogen-bond donors (Lipinski definition) is 2. The van der Waals surface area contributed by atoms with Gasteiger partial charge < -0.3 is 15.4 Å². The summed E-state index contributed by atoms with van der Waals surface area (Å²) in [6.07, 6.45) is 2.68. The minimum Gasteiger partial charge on any atom is -0.489 e. The first-order valence-corrected chi connectivity index (χ1v) is 10.3. The van der Waals surface area contributed by atoms with Gasteiger partial charge >= 0.3 is 0 Å². The first kappa shape index (κ1) is 24.0. The quantitative estimate of drug-likeness (QED) is 0.321. The zero-order valence-electron chi connectivity index (χ0n) is 15.4. The molecule has 0 saturated carbocycles. The van der Waals surface area contributed by atoms with Gasteiger partial charge in [0.2, 0.25) is 0 Å². The third-order valence-electron chi connectivity index (χ3n) is 3.53. The number of rotatable bonds is 9. The molecular weight excluding hydrogens is 453 g/mol. The van der Waals surface area contributed by atoms with Crippen LogP contribution in [-0.4, -0.2) is 52.1 Å². The van der Waals surface area contributed by atoms with Gasteiger partial charge in [-0.15, -0.1) is 24.0 Å². The van der Waals surface area contributed by atoms with E-state index in [4.69, 9.17) is 4.74 Å². The Morgan fingerprint density at radius 3 is 2.44 bits per heavy atom. The minimum absolute atomic E-state index is 0. The van der Waals surface area contributed by atoms with Gasteiger partial charge in [-0.2, -0.15) is 0 Å². The summed E-state index contributed by atoms with van der Waals surface area (Å²) in [5, 5.41) is 6.43. The molecule has 0 aromatic heterocycles. The van der Waals surface area contributed by atoms with Gasteiger partial charge in [-0.25, -0.2) is 8.42 Å². The maximum atomic E-state index is 11.2. The van der Waals surface area contributed by atoms with Crippen molar-refractivity contribution in [2.45, 2.75) is 38.8 Å². The average Bonchev–Trinajstić information content (AvgIpc) is 2.55. The Kier molecular flexibility index (Phi) is 11.8. The van der Waals surface area contributed by atoms with E-state index in [1.807, 2.05) is 37.3 Å². The number of hydrogen-bond acceptors (Lipinski definition) is 4. The molecule has 0 saturated heterocycles. The predicted molar refractivity (Wildman–Crippen MR) is 115 cm³/mol. The van der Waals surface area contributed by atoms with E-state index in [0.29, 0.717) is 18.9 Å². The second kappa shape index (κ2) is 12.3. The molecule has 0 aliphatic rings. The summed E-state index contributed by atoms with van der Waals surface area (Å²) in [5.41, 5.74) is 0. The van der Waals surface area contributed by atoms with Gasteiger partial charge in [0, 0.05) is 19.3 Å². The molecule has 1 aromatic carbocycles. The number of nitrogens with zero attached hydrogens (tertiary/aromatic N) is 1. The molecule has 2 unspecified atom stereocenters. The number of benzene rings is 1. The monoisotopic (exact) mass is 483 g/mol. The first-order valence-electron chi connectivity index (χ1n) is 8.20. The molecule has 6 nitrogen and oxygen atoms in total. The third-order valence-corrected chi connectivity index (χ3v) is 4.50. The van der Waals surface area contributed by atoms with Crippen molar-refractivity contribution in [3.8, 4) is 5.75 Å². The number of sulfone groups is 1. The highest BCUT2D eigenvalue weighted by atomic mass is 127. The van der Waals surface area contributed by atoms with Gasteiger partial charge in [0.25, 0.3) is 0 Å². The topological polar surface area (TPSA) is 79.8 Å². The molecular formula is C17H30IN3O3S. The molecule has 1 rings (SSSR count). The Balaban J connectivity index is 0.00000576. The second-order valence-corrected chi connectivity index (χ2v) is 8.14. The molecule has 0 heterocycles. The van der Waals surface area contributed by atoms with Crippen molar-refractivity contribution in [1.29, 1.82) is 0 Å². The Labute approximate surface area is 168 Å². The third kappa shape index (κ3) is 11.2. The van der Waals surface area contributed by atoms with Gasteiger partial charge in [0.1, 0.15) is 21.7 Å². The average molecular weight is 483 g/mol. The largest absolute Gasteiger partial charge is 0.489 e. The highest BCUT2D eigenvalue weighted by molar-refractivity contribution is 14.0. The van der Waals surface area contributed by atoms with Gasteiger partial charge in [0.05, 0.1) is 12.3 Å². The molecule has 2 N–H and O–H groups in total. The molecule has 0 aliphatic heterocycles. The van der Waals surface area contributed by atoms with Crippen LogP contribution in [0.3, 0.4) is 0 Å². The molecule has 144 valence electrons. The minimum atomic E-state index is -2.95. The lowest BCUT2D eigenvalue weighted by Crippen LogP contribution is -2.46. The Morgan fingerprint density at radius 2 is 1.92 bits per heavy atom. The van der Waals surface area contributed by atoms with E-state index in [1.165, 1.54) is 6.26 Å². The van der Waals surface area contributed by atoms with Crippen LogP contribution in [0.15, 0.2) is 35.3 Å². The van der Waals surface area contributed by atoms with Crippen molar-refractivity contribution in [1.82, 2.24) is 10.6 Å². The summed E-state index contributed by atoms with van der Waals surface area (Å²) in [5.74, 6) is 1.65. The fourth-order valence-corrected chi connectivity index (χ4v) is 2.84. The van der Waals surface area contributed by atoms with E-state index in [1.54, 1.807) is 7.05 Å². The SMILES string of the molecule is CCC(CNC(=NC)NC(C)CCS(C)(=O)=O)Oc1ccccc1.I. The molecule has 25 heavy (non-hydrogen) atoms. The lowest BCUT2D eigenvalue weighted by Gasteiger charge is -2.22. The lowest BCUT2D eigenvalue weighted by molar-refractivity contribution is 0.199. The van der Waals surface area contributed by atoms with E-state index >= 15 is 0 Å². The predicted octanol–water partition coefficient (Wildman–Crippen LogP) is 2.45. The molecule has 0 amide bonds. The molecule has 8 heteroatoms. The van der Waals surface area contributed by atoms with Crippen molar-refractivity contribution >= 4 is 39.8 Å². The summed E-state index contributed by atoms with van der Waals surface area (Å²) in [7, 11) is -1.25. The van der Waals surface area contributed by atoms with Crippen molar-refractivity contribution in [3.05, 3.63) is 30.3 Å². The van der Waals surface area contributed by atoms with Gasteiger partial charge in [0.15, 0.2) is 5.96 Å². The molecule has 1 aromatic rings. The van der Waals surface area contributed by atoms with E-state index in [2.05, 4.69) is 22.5 Å². The number of halogens is 1. The molecule has 0 aliphatic carbocycles. The van der Waals surface area contributed by atoms with Crippen LogP contribution in [0.2, 0.25) is 0 Å². The Hall–Kier alpha value is -1.03. The van der Waals surface area contributed by atoms with Crippen LogP contribution < -0.4 is 15.4 Å². The fraction of sp³-hybridized carbons (Fsp3) is 0.588. The summed E-state index contributed by atoms with van der Waals surface area (Å²) in [6, 6.07) is 9.72. The smallest absolute Gasteiger partial charge is 0.191 e. The number of ether oxygens (including phenoxy) is 1. The zero-order chi connectivity index (χ0) is 18.0. The molecule has 0 bridgehead atoms. The Morgan fingerprint density at radius 1 is 1.28 bits per heavy atom. The number of para-hydroxylation sites is 1. The normalized spacial score (nSPS) is 14.2. The van der Waals surface area contributed by atoms with Gasteiger partial charge in [-0.05, 0) is 31.9 Å². The standard InChI is InChI=1S/C17H29N3O3S.HI/c1-5-15(23-16-9-7-6-8-10-16)13-19-17(18-3)20-14(2)11-12-24(4,21)22;/h6-10,14-15H,5,11-13H2,1-4H3,(H2,18,19,20);1H. The summed E-state index contributed by atoms with van der Waals surface area (Å²) in [6.45, 7) is 4.62. The molecule has 0 radical (unpaired) electrons. The van der Waals surface area contributed by atoms with Crippen molar-refractivity contribution in [2.24, 2.45) is 4.99 Å². The highest BCUT2D eigenvalue weighted by Gasteiger charge is 2.12. The summed E-state index contributed by atoms with van der Waals surface area (Å²) < 4.78 is 28.4. The molecule has 0 spiro atoms. The van der Waals surface area contributed by atoms with Crippen LogP contribution in [0.25, 0.3) is 0 Å². The first-order chi connectivity index (χ1) is 11.3. The van der Waals surface area contributed by atoms with Crippen LogP contribution in [0.4, 0.5) is 0 Å².